The maximum absolute atomic E-state index is 13.5. The number of nitrogens with zero attached hydrogens (tertiary/aromatic N) is 2. The maximum atomic E-state index is 13.5. The predicted octanol–water partition coefficient (Wildman–Crippen LogP) is 4.76. The van der Waals surface area contributed by atoms with Crippen LogP contribution in [0.5, 0.6) is 0 Å². The van der Waals surface area contributed by atoms with Crippen LogP contribution in [-0.4, -0.2) is 39.0 Å². The summed E-state index contributed by atoms with van der Waals surface area (Å²) in [6.07, 6.45) is 0.789. The number of amides is 1. The Morgan fingerprint density at radius 2 is 1.85 bits per heavy atom. The van der Waals surface area contributed by atoms with Crippen LogP contribution in [0, 0.1) is 0 Å². The number of ether oxygens (including phenoxy) is 1. The van der Waals surface area contributed by atoms with Gasteiger partial charge in [-0.25, -0.2) is 18.6 Å². The van der Waals surface area contributed by atoms with Crippen LogP contribution in [0.15, 0.2) is 35.4 Å². The van der Waals surface area contributed by atoms with Gasteiger partial charge in [-0.3, -0.25) is 4.90 Å². The second-order valence-electron chi connectivity index (χ2n) is 7.20. The molecular formula is C18H23F2N3O2S. The zero-order valence-corrected chi connectivity index (χ0v) is 16.1. The van der Waals surface area contributed by atoms with Crippen molar-refractivity contribution in [3.63, 3.8) is 0 Å². The van der Waals surface area contributed by atoms with E-state index in [4.69, 9.17) is 4.74 Å². The molecule has 26 heavy (non-hydrogen) atoms. The third-order valence-electron chi connectivity index (χ3n) is 3.27. The Kier molecular flexibility index (Phi) is 5.95. The van der Waals surface area contributed by atoms with Crippen molar-refractivity contribution in [1.82, 2.24) is 14.9 Å². The SMILES string of the molecule is CC(F)(F)CN(Cc1ncc(-c2ccc(S)cc2)[nH]1)C(=O)OC(C)(C)C. The van der Waals surface area contributed by atoms with Crippen molar-refractivity contribution in [3.8, 4) is 11.3 Å². The number of rotatable bonds is 5. The summed E-state index contributed by atoms with van der Waals surface area (Å²) in [6.45, 7) is 4.95. The summed E-state index contributed by atoms with van der Waals surface area (Å²) in [6, 6.07) is 7.41. The highest BCUT2D eigenvalue weighted by Gasteiger charge is 2.31. The first-order valence-electron chi connectivity index (χ1n) is 8.12. The van der Waals surface area contributed by atoms with Gasteiger partial charge in [-0.1, -0.05) is 12.1 Å². The van der Waals surface area contributed by atoms with Crippen LogP contribution in [0.1, 0.15) is 33.5 Å². The summed E-state index contributed by atoms with van der Waals surface area (Å²) in [4.78, 5) is 21.3. The van der Waals surface area contributed by atoms with Crippen molar-refractivity contribution in [3.05, 3.63) is 36.3 Å². The summed E-state index contributed by atoms with van der Waals surface area (Å²) >= 11 is 4.24. The van der Waals surface area contributed by atoms with E-state index < -0.39 is 24.2 Å². The lowest BCUT2D eigenvalue weighted by Gasteiger charge is -2.28. The molecule has 0 atom stereocenters. The van der Waals surface area contributed by atoms with E-state index in [2.05, 4.69) is 22.6 Å². The predicted molar refractivity (Wildman–Crippen MR) is 98.5 cm³/mol. The minimum absolute atomic E-state index is 0.108. The molecule has 0 spiro atoms. The summed E-state index contributed by atoms with van der Waals surface area (Å²) in [7, 11) is 0. The molecule has 1 N–H and O–H groups in total. The minimum Gasteiger partial charge on any atom is -0.444 e. The van der Waals surface area contributed by atoms with E-state index in [1.165, 1.54) is 0 Å². The smallest absolute Gasteiger partial charge is 0.410 e. The van der Waals surface area contributed by atoms with Crippen LogP contribution in [-0.2, 0) is 11.3 Å². The number of imidazole rings is 1. The van der Waals surface area contributed by atoms with Gasteiger partial charge in [0, 0.05) is 11.8 Å². The largest absolute Gasteiger partial charge is 0.444 e. The van der Waals surface area contributed by atoms with Gasteiger partial charge in [0.15, 0.2) is 0 Å². The molecule has 5 nitrogen and oxygen atoms in total. The first-order chi connectivity index (χ1) is 11.9. The van der Waals surface area contributed by atoms with E-state index in [0.29, 0.717) is 5.82 Å². The highest BCUT2D eigenvalue weighted by molar-refractivity contribution is 7.80. The number of thiol groups is 1. The average molecular weight is 383 g/mol. The van der Waals surface area contributed by atoms with Crippen LogP contribution in [0.3, 0.4) is 0 Å². The molecule has 1 amide bonds. The van der Waals surface area contributed by atoms with E-state index in [1.54, 1.807) is 27.0 Å². The molecule has 0 aliphatic rings. The molecule has 0 unspecified atom stereocenters. The molecule has 0 aliphatic heterocycles. The van der Waals surface area contributed by atoms with Crippen molar-refractivity contribution in [2.75, 3.05) is 6.54 Å². The molecule has 0 aliphatic carbocycles. The number of benzene rings is 1. The lowest BCUT2D eigenvalue weighted by atomic mass is 10.2. The first-order valence-corrected chi connectivity index (χ1v) is 8.57. The highest BCUT2D eigenvalue weighted by Crippen LogP contribution is 2.21. The summed E-state index contributed by atoms with van der Waals surface area (Å²) in [5.41, 5.74) is 0.827. The van der Waals surface area contributed by atoms with Crippen molar-refractivity contribution in [1.29, 1.82) is 0 Å². The fourth-order valence-electron chi connectivity index (χ4n) is 2.26. The molecule has 1 heterocycles. The topological polar surface area (TPSA) is 58.2 Å². The number of nitrogens with one attached hydrogen (secondary N) is 1. The fourth-order valence-corrected chi connectivity index (χ4v) is 2.41. The molecule has 0 saturated carbocycles. The van der Waals surface area contributed by atoms with Crippen molar-refractivity contribution >= 4 is 18.7 Å². The first kappa shape index (κ1) is 20.2. The zero-order chi connectivity index (χ0) is 19.5. The molecular weight excluding hydrogens is 360 g/mol. The van der Waals surface area contributed by atoms with Crippen LogP contribution in [0.4, 0.5) is 13.6 Å². The van der Waals surface area contributed by atoms with Gasteiger partial charge in [-0.05, 0) is 38.5 Å². The Morgan fingerprint density at radius 1 is 1.23 bits per heavy atom. The molecule has 1 aromatic carbocycles. The lowest BCUT2D eigenvalue weighted by molar-refractivity contribution is -0.0324. The van der Waals surface area contributed by atoms with E-state index >= 15 is 0 Å². The third kappa shape index (κ3) is 6.33. The van der Waals surface area contributed by atoms with Gasteiger partial charge in [0.2, 0.25) is 0 Å². The number of aromatic nitrogens is 2. The van der Waals surface area contributed by atoms with Gasteiger partial charge in [0.05, 0.1) is 25.0 Å². The van der Waals surface area contributed by atoms with E-state index in [9.17, 15) is 13.6 Å². The summed E-state index contributed by atoms with van der Waals surface area (Å²) in [5.74, 6) is -2.65. The van der Waals surface area contributed by atoms with E-state index in [1.807, 2.05) is 24.3 Å². The standard InChI is InChI=1S/C18H23F2N3O2S/c1-17(2,3)25-16(24)23(11-18(4,19)20)10-15-21-9-14(22-15)12-5-7-13(26)8-6-12/h5-9,26H,10-11H2,1-4H3,(H,21,22). The van der Waals surface area contributed by atoms with Gasteiger partial charge in [-0.2, -0.15) is 0 Å². The van der Waals surface area contributed by atoms with Crippen LogP contribution in [0.25, 0.3) is 11.3 Å². The van der Waals surface area contributed by atoms with Gasteiger partial charge >= 0.3 is 6.09 Å². The molecule has 142 valence electrons. The minimum atomic E-state index is -3.05. The molecule has 1 aromatic heterocycles. The van der Waals surface area contributed by atoms with Crippen molar-refractivity contribution < 1.29 is 18.3 Å². The summed E-state index contributed by atoms with van der Waals surface area (Å²) < 4.78 is 32.2. The Labute approximate surface area is 157 Å². The molecule has 0 bridgehead atoms. The number of halogens is 2. The van der Waals surface area contributed by atoms with Crippen LogP contribution < -0.4 is 0 Å². The molecule has 2 rings (SSSR count). The van der Waals surface area contributed by atoms with Crippen molar-refractivity contribution in [2.45, 2.75) is 50.7 Å². The Hall–Kier alpha value is -2.09. The molecule has 8 heteroatoms. The second kappa shape index (κ2) is 7.65. The van der Waals surface area contributed by atoms with Gasteiger partial charge in [-0.15, -0.1) is 12.6 Å². The second-order valence-corrected chi connectivity index (χ2v) is 7.71. The van der Waals surface area contributed by atoms with E-state index in [0.717, 1.165) is 28.0 Å². The van der Waals surface area contributed by atoms with Crippen molar-refractivity contribution in [2.24, 2.45) is 0 Å². The Morgan fingerprint density at radius 3 is 2.38 bits per heavy atom. The molecule has 2 aromatic rings. The van der Waals surface area contributed by atoms with E-state index in [-0.39, 0.29) is 6.54 Å². The molecule has 0 radical (unpaired) electrons. The summed E-state index contributed by atoms with van der Waals surface area (Å²) in [5, 5.41) is 0. The Balaban J connectivity index is 2.17. The molecule has 0 fully saturated rings. The average Bonchev–Trinajstić information content (AvgIpc) is 2.92. The zero-order valence-electron chi connectivity index (χ0n) is 15.2. The number of carbonyl (C=O) groups excluding carboxylic acids is 1. The Bertz CT molecular complexity index is 749. The van der Waals surface area contributed by atoms with Gasteiger partial charge < -0.3 is 9.72 Å². The monoisotopic (exact) mass is 383 g/mol. The fraction of sp³-hybridized carbons (Fsp3) is 0.444. The number of carbonyl (C=O) groups is 1. The number of hydrogen-bond donors (Lipinski definition) is 2. The maximum Gasteiger partial charge on any atom is 0.410 e. The van der Waals surface area contributed by atoms with Crippen LogP contribution in [0.2, 0.25) is 0 Å². The highest BCUT2D eigenvalue weighted by atomic mass is 32.1. The number of aromatic amines is 1. The van der Waals surface area contributed by atoms with Gasteiger partial charge in [0.1, 0.15) is 11.4 Å². The molecule has 0 saturated heterocycles. The number of hydrogen-bond acceptors (Lipinski definition) is 4. The number of H-pyrrole nitrogens is 1. The van der Waals surface area contributed by atoms with Gasteiger partial charge in [0.25, 0.3) is 5.92 Å². The third-order valence-corrected chi connectivity index (χ3v) is 3.57. The number of alkyl halides is 2. The normalized spacial score (nSPS) is 12.1. The van der Waals surface area contributed by atoms with Crippen LogP contribution >= 0.6 is 12.6 Å². The quantitative estimate of drug-likeness (QED) is 0.732. The lowest BCUT2D eigenvalue weighted by Crippen LogP contribution is -2.42.